The number of imide groups is 1. The normalized spacial score (nSPS) is 22.2. The molecule has 2 atom stereocenters. The molecule has 1 aromatic heterocycles. The fourth-order valence-electron chi connectivity index (χ4n) is 1.88. The van der Waals surface area contributed by atoms with E-state index >= 15 is 0 Å². The number of nitrogens with zero attached hydrogens (tertiary/aromatic N) is 2. The fourth-order valence-corrected chi connectivity index (χ4v) is 1.88. The molecule has 2 unspecified atom stereocenters. The summed E-state index contributed by atoms with van der Waals surface area (Å²) >= 11 is 0. The summed E-state index contributed by atoms with van der Waals surface area (Å²) in [4.78, 5) is 28.9. The van der Waals surface area contributed by atoms with E-state index in [0.29, 0.717) is 6.54 Å². The van der Waals surface area contributed by atoms with Gasteiger partial charge in [-0.25, -0.2) is 4.79 Å². The number of carbonyl (C=O) groups is 2. The second-order valence-corrected chi connectivity index (χ2v) is 4.28. The molecule has 1 saturated heterocycles. The number of amides is 3. The molecule has 5 nitrogen and oxygen atoms in total. The Balaban J connectivity index is 2.17. The van der Waals surface area contributed by atoms with Crippen molar-refractivity contribution >= 4 is 11.9 Å². The summed E-state index contributed by atoms with van der Waals surface area (Å²) in [5.41, 5.74) is 0.823. The topological polar surface area (TPSA) is 62.3 Å². The third-order valence-corrected chi connectivity index (χ3v) is 2.99. The molecule has 0 radical (unpaired) electrons. The molecule has 0 spiro atoms. The van der Waals surface area contributed by atoms with E-state index in [2.05, 4.69) is 10.3 Å². The second kappa shape index (κ2) is 4.53. The first-order chi connectivity index (χ1) is 8.09. The highest BCUT2D eigenvalue weighted by Crippen LogP contribution is 2.21. The zero-order valence-corrected chi connectivity index (χ0v) is 9.88. The van der Waals surface area contributed by atoms with Gasteiger partial charge >= 0.3 is 6.03 Å². The smallest absolute Gasteiger partial charge is 0.315 e. The van der Waals surface area contributed by atoms with Crippen molar-refractivity contribution in [3.05, 3.63) is 30.1 Å². The Bertz CT molecular complexity index is 433. The molecule has 17 heavy (non-hydrogen) atoms. The number of carbonyl (C=O) groups excluding carboxylic acids is 2. The van der Waals surface area contributed by atoms with Gasteiger partial charge in [-0.3, -0.25) is 15.1 Å². The summed E-state index contributed by atoms with van der Waals surface area (Å²) in [7, 11) is 0. The fraction of sp³-hybridized carbons (Fsp3) is 0.417. The molecule has 0 aliphatic carbocycles. The van der Waals surface area contributed by atoms with Crippen LogP contribution in [-0.4, -0.2) is 28.4 Å². The lowest BCUT2D eigenvalue weighted by Gasteiger charge is -2.34. The van der Waals surface area contributed by atoms with Gasteiger partial charge in [-0.15, -0.1) is 0 Å². The molecule has 1 aliphatic rings. The number of hydrogen-bond donors (Lipinski definition) is 1. The van der Waals surface area contributed by atoms with E-state index < -0.39 is 0 Å². The summed E-state index contributed by atoms with van der Waals surface area (Å²) in [6.07, 6.45) is 1.70. The average Bonchev–Trinajstić information content (AvgIpc) is 2.34. The van der Waals surface area contributed by atoms with Crippen LogP contribution in [0.3, 0.4) is 0 Å². The number of pyridine rings is 1. The molecule has 0 bridgehead atoms. The molecule has 2 heterocycles. The van der Waals surface area contributed by atoms with E-state index in [0.717, 1.165) is 5.69 Å². The van der Waals surface area contributed by atoms with Gasteiger partial charge in [-0.1, -0.05) is 13.0 Å². The van der Waals surface area contributed by atoms with Gasteiger partial charge in [0.15, 0.2) is 0 Å². The summed E-state index contributed by atoms with van der Waals surface area (Å²) < 4.78 is 0. The minimum Gasteiger partial charge on any atom is -0.315 e. The lowest BCUT2D eigenvalue weighted by Crippen LogP contribution is -2.54. The summed E-state index contributed by atoms with van der Waals surface area (Å²) in [5.74, 6) is -0.390. The number of nitrogens with one attached hydrogen (secondary N) is 1. The van der Waals surface area contributed by atoms with E-state index in [1.54, 1.807) is 18.0 Å². The summed E-state index contributed by atoms with van der Waals surface area (Å²) in [6.45, 7) is 4.15. The molecule has 0 saturated carbocycles. The Morgan fingerprint density at radius 2 is 2.24 bits per heavy atom. The number of rotatable bonds is 2. The highest BCUT2D eigenvalue weighted by molar-refractivity contribution is 5.97. The van der Waals surface area contributed by atoms with Crippen LogP contribution in [0.4, 0.5) is 4.79 Å². The highest BCUT2D eigenvalue weighted by atomic mass is 16.2. The van der Waals surface area contributed by atoms with Crippen LogP contribution in [0.25, 0.3) is 0 Å². The average molecular weight is 233 g/mol. The molecule has 1 N–H and O–H groups in total. The second-order valence-electron chi connectivity index (χ2n) is 4.28. The molecule has 2 rings (SSSR count). The van der Waals surface area contributed by atoms with Crippen molar-refractivity contribution in [2.45, 2.75) is 19.9 Å². The van der Waals surface area contributed by atoms with Crippen LogP contribution >= 0.6 is 0 Å². The number of aromatic nitrogens is 1. The van der Waals surface area contributed by atoms with Gasteiger partial charge in [0, 0.05) is 12.7 Å². The van der Waals surface area contributed by atoms with Gasteiger partial charge in [0.05, 0.1) is 17.7 Å². The summed E-state index contributed by atoms with van der Waals surface area (Å²) in [6, 6.07) is 5.12. The quantitative estimate of drug-likeness (QED) is 0.838. The first-order valence-electron chi connectivity index (χ1n) is 5.62. The predicted octanol–water partition coefficient (Wildman–Crippen LogP) is 1.33. The molecule has 90 valence electrons. The van der Waals surface area contributed by atoms with E-state index in [-0.39, 0.29) is 23.9 Å². The Morgan fingerprint density at radius 3 is 2.88 bits per heavy atom. The van der Waals surface area contributed by atoms with Crippen LogP contribution in [0.5, 0.6) is 0 Å². The SMILES string of the molecule is CC1CN(C(C)c2ccccn2)C(=O)NC1=O. The van der Waals surface area contributed by atoms with E-state index in [4.69, 9.17) is 0 Å². The van der Waals surface area contributed by atoms with Crippen LogP contribution in [0.2, 0.25) is 0 Å². The first kappa shape index (κ1) is 11.6. The monoisotopic (exact) mass is 233 g/mol. The maximum atomic E-state index is 11.7. The van der Waals surface area contributed by atoms with Crippen molar-refractivity contribution in [3.63, 3.8) is 0 Å². The predicted molar refractivity (Wildman–Crippen MR) is 62.1 cm³/mol. The highest BCUT2D eigenvalue weighted by Gasteiger charge is 2.32. The van der Waals surface area contributed by atoms with Crippen molar-refractivity contribution in [1.29, 1.82) is 0 Å². The van der Waals surface area contributed by atoms with Gasteiger partial charge in [-0.05, 0) is 19.1 Å². The lowest BCUT2D eigenvalue weighted by atomic mass is 10.1. The van der Waals surface area contributed by atoms with Gasteiger partial charge in [0.2, 0.25) is 5.91 Å². The third-order valence-electron chi connectivity index (χ3n) is 2.99. The molecular formula is C12H15N3O2. The molecule has 1 aliphatic heterocycles. The van der Waals surface area contributed by atoms with Crippen molar-refractivity contribution in [1.82, 2.24) is 15.2 Å². The van der Waals surface area contributed by atoms with E-state index in [1.807, 2.05) is 25.1 Å². The van der Waals surface area contributed by atoms with Gasteiger partial charge in [-0.2, -0.15) is 0 Å². The van der Waals surface area contributed by atoms with Crippen LogP contribution in [0, 0.1) is 5.92 Å². The Hall–Kier alpha value is -1.91. The molecule has 5 heteroatoms. The molecule has 0 aromatic carbocycles. The minimum atomic E-state index is -0.341. The summed E-state index contributed by atoms with van der Waals surface area (Å²) in [5, 5.41) is 2.35. The Labute approximate surface area is 99.8 Å². The standard InChI is InChI=1S/C12H15N3O2/c1-8-7-15(12(17)14-11(8)16)9(2)10-5-3-4-6-13-10/h3-6,8-9H,7H2,1-2H3,(H,14,16,17). The molecule has 1 aromatic rings. The van der Waals surface area contributed by atoms with Gasteiger partial charge < -0.3 is 4.90 Å². The maximum absolute atomic E-state index is 11.7. The molecular weight excluding hydrogens is 218 g/mol. The first-order valence-corrected chi connectivity index (χ1v) is 5.62. The van der Waals surface area contributed by atoms with Crippen molar-refractivity contribution in [2.75, 3.05) is 6.54 Å². The minimum absolute atomic E-state index is 0.133. The molecule has 3 amide bonds. The van der Waals surface area contributed by atoms with Crippen molar-refractivity contribution in [3.8, 4) is 0 Å². The van der Waals surface area contributed by atoms with Crippen LogP contribution in [0.1, 0.15) is 25.6 Å². The number of urea groups is 1. The third kappa shape index (κ3) is 2.27. The Kier molecular flexibility index (Phi) is 3.08. The van der Waals surface area contributed by atoms with Gasteiger partial charge in [0.25, 0.3) is 0 Å². The van der Waals surface area contributed by atoms with E-state index in [1.165, 1.54) is 0 Å². The zero-order valence-electron chi connectivity index (χ0n) is 9.88. The van der Waals surface area contributed by atoms with E-state index in [9.17, 15) is 9.59 Å². The largest absolute Gasteiger partial charge is 0.324 e. The van der Waals surface area contributed by atoms with Crippen molar-refractivity contribution < 1.29 is 9.59 Å². The lowest BCUT2D eigenvalue weighted by molar-refractivity contribution is -0.125. The number of hydrogen-bond acceptors (Lipinski definition) is 3. The Morgan fingerprint density at radius 1 is 1.47 bits per heavy atom. The van der Waals surface area contributed by atoms with Crippen LogP contribution < -0.4 is 5.32 Å². The van der Waals surface area contributed by atoms with Crippen LogP contribution in [0.15, 0.2) is 24.4 Å². The molecule has 1 fully saturated rings. The van der Waals surface area contributed by atoms with Gasteiger partial charge in [0.1, 0.15) is 0 Å². The van der Waals surface area contributed by atoms with Crippen LogP contribution in [-0.2, 0) is 4.79 Å². The van der Waals surface area contributed by atoms with Crippen molar-refractivity contribution in [2.24, 2.45) is 5.92 Å². The zero-order chi connectivity index (χ0) is 12.4. The maximum Gasteiger partial charge on any atom is 0.324 e.